The normalized spacial score (nSPS) is 10.7. The van der Waals surface area contributed by atoms with E-state index in [1.54, 1.807) is 12.1 Å². The number of halogens is 2. The van der Waals surface area contributed by atoms with Crippen LogP contribution in [0.25, 0.3) is 10.9 Å². The number of rotatable bonds is 5. The number of para-hydroxylation sites is 1. The molecule has 0 unspecified atom stereocenters. The summed E-state index contributed by atoms with van der Waals surface area (Å²) in [6, 6.07) is 21.5. The van der Waals surface area contributed by atoms with Crippen LogP contribution in [0.15, 0.2) is 72.8 Å². The first-order valence-electron chi connectivity index (χ1n) is 8.45. The Morgan fingerprint density at radius 2 is 1.70 bits per heavy atom. The van der Waals surface area contributed by atoms with Gasteiger partial charge in [-0.1, -0.05) is 41.9 Å². The number of fused-ring (bicyclic) bond motifs is 1. The van der Waals surface area contributed by atoms with Crippen molar-refractivity contribution in [3.8, 4) is 0 Å². The van der Waals surface area contributed by atoms with E-state index < -0.39 is 0 Å². The zero-order valence-corrected chi connectivity index (χ0v) is 15.0. The van der Waals surface area contributed by atoms with Gasteiger partial charge < -0.3 is 10.6 Å². The maximum absolute atomic E-state index is 13.1. The number of hydrogen-bond donors (Lipinski definition) is 2. The van der Waals surface area contributed by atoms with Gasteiger partial charge in [-0.15, -0.1) is 0 Å². The van der Waals surface area contributed by atoms with E-state index in [-0.39, 0.29) is 5.82 Å². The van der Waals surface area contributed by atoms with Crippen LogP contribution in [0.4, 0.5) is 21.8 Å². The first kappa shape index (κ1) is 17.2. The molecule has 0 bridgehead atoms. The second-order valence-electron chi connectivity index (χ2n) is 6.03. The van der Waals surface area contributed by atoms with Crippen LogP contribution >= 0.6 is 11.6 Å². The highest BCUT2D eigenvalue weighted by Crippen LogP contribution is 2.25. The van der Waals surface area contributed by atoms with Crippen LogP contribution in [0.1, 0.15) is 5.56 Å². The Kier molecular flexibility index (Phi) is 4.85. The number of nitrogens with one attached hydrogen (secondary N) is 2. The summed E-state index contributed by atoms with van der Waals surface area (Å²) in [5.41, 5.74) is 2.59. The fourth-order valence-corrected chi connectivity index (χ4v) is 2.94. The Balaban J connectivity index is 1.64. The van der Waals surface area contributed by atoms with Gasteiger partial charge in [-0.25, -0.2) is 9.37 Å². The largest absolute Gasteiger partial charge is 0.365 e. The predicted octanol–water partition coefficient (Wildman–Crippen LogP) is 5.78. The van der Waals surface area contributed by atoms with Crippen molar-refractivity contribution >= 4 is 40.0 Å². The molecule has 4 nitrogen and oxygen atoms in total. The molecule has 4 aromatic rings. The van der Waals surface area contributed by atoms with E-state index in [0.717, 1.165) is 22.2 Å². The number of hydrogen-bond acceptors (Lipinski definition) is 4. The van der Waals surface area contributed by atoms with Gasteiger partial charge in [0.1, 0.15) is 11.6 Å². The minimum absolute atomic E-state index is 0.251. The second kappa shape index (κ2) is 7.60. The molecule has 0 spiro atoms. The molecule has 4 rings (SSSR count). The molecule has 134 valence electrons. The van der Waals surface area contributed by atoms with E-state index in [1.807, 2.05) is 48.5 Å². The van der Waals surface area contributed by atoms with Crippen molar-refractivity contribution in [2.45, 2.75) is 6.54 Å². The third kappa shape index (κ3) is 4.15. The molecule has 0 saturated carbocycles. The highest BCUT2D eigenvalue weighted by Gasteiger charge is 2.08. The summed E-state index contributed by atoms with van der Waals surface area (Å²) >= 11 is 6.05. The van der Waals surface area contributed by atoms with E-state index in [0.29, 0.717) is 23.3 Å². The molecule has 1 aromatic heterocycles. The molecule has 0 aliphatic carbocycles. The van der Waals surface area contributed by atoms with Crippen molar-refractivity contribution in [3.05, 3.63) is 89.2 Å². The molecule has 27 heavy (non-hydrogen) atoms. The predicted molar refractivity (Wildman–Crippen MR) is 108 cm³/mol. The summed E-state index contributed by atoms with van der Waals surface area (Å²) in [5, 5.41) is 8.06. The molecule has 3 aromatic carbocycles. The van der Waals surface area contributed by atoms with Gasteiger partial charge in [-0.3, -0.25) is 0 Å². The van der Waals surface area contributed by atoms with Gasteiger partial charge in [0.25, 0.3) is 0 Å². The molecule has 0 aliphatic rings. The zero-order chi connectivity index (χ0) is 18.6. The molecule has 0 fully saturated rings. The first-order valence-corrected chi connectivity index (χ1v) is 8.83. The van der Waals surface area contributed by atoms with E-state index in [1.165, 1.54) is 12.1 Å². The van der Waals surface area contributed by atoms with Crippen molar-refractivity contribution in [1.29, 1.82) is 0 Å². The van der Waals surface area contributed by atoms with Crippen LogP contribution in [-0.2, 0) is 6.54 Å². The van der Waals surface area contributed by atoms with Crippen molar-refractivity contribution in [2.24, 2.45) is 0 Å². The highest BCUT2D eigenvalue weighted by atomic mass is 35.5. The molecule has 2 N–H and O–H groups in total. The van der Waals surface area contributed by atoms with E-state index >= 15 is 0 Å². The van der Waals surface area contributed by atoms with E-state index in [4.69, 9.17) is 11.6 Å². The van der Waals surface area contributed by atoms with Crippen LogP contribution < -0.4 is 10.6 Å². The fourth-order valence-electron chi connectivity index (χ4n) is 2.75. The fraction of sp³-hybridized carbons (Fsp3) is 0.0476. The van der Waals surface area contributed by atoms with Crippen LogP contribution in [-0.4, -0.2) is 9.97 Å². The molecule has 0 atom stereocenters. The van der Waals surface area contributed by atoms with Gasteiger partial charge >= 0.3 is 0 Å². The maximum atomic E-state index is 13.1. The minimum atomic E-state index is -0.251. The minimum Gasteiger partial charge on any atom is -0.365 e. The third-order valence-corrected chi connectivity index (χ3v) is 4.29. The summed E-state index contributed by atoms with van der Waals surface area (Å²) in [6.07, 6.45) is 0. The zero-order valence-electron chi connectivity index (χ0n) is 14.3. The summed E-state index contributed by atoms with van der Waals surface area (Å²) in [5.74, 6) is 0.922. The quantitative estimate of drug-likeness (QED) is 0.462. The van der Waals surface area contributed by atoms with Crippen LogP contribution in [0.2, 0.25) is 5.02 Å². The van der Waals surface area contributed by atoms with Crippen LogP contribution in [0.5, 0.6) is 0 Å². The van der Waals surface area contributed by atoms with Gasteiger partial charge in [0.05, 0.1) is 5.52 Å². The van der Waals surface area contributed by atoms with E-state index in [9.17, 15) is 4.39 Å². The van der Waals surface area contributed by atoms with E-state index in [2.05, 4.69) is 20.6 Å². The lowest BCUT2D eigenvalue weighted by atomic mass is 10.2. The van der Waals surface area contributed by atoms with Crippen molar-refractivity contribution in [2.75, 3.05) is 10.6 Å². The first-order chi connectivity index (χ1) is 13.2. The second-order valence-corrected chi connectivity index (χ2v) is 6.46. The molecule has 0 saturated heterocycles. The Morgan fingerprint density at radius 1 is 0.889 bits per heavy atom. The van der Waals surface area contributed by atoms with Gasteiger partial charge in [0, 0.05) is 22.6 Å². The molecular weight excluding hydrogens is 363 g/mol. The lowest BCUT2D eigenvalue weighted by molar-refractivity contribution is 0.627. The molecule has 6 heteroatoms. The molecule has 0 amide bonds. The summed E-state index contributed by atoms with van der Waals surface area (Å²) in [7, 11) is 0. The molecule has 0 aliphatic heterocycles. The van der Waals surface area contributed by atoms with Crippen LogP contribution in [0, 0.1) is 5.82 Å². The highest BCUT2D eigenvalue weighted by molar-refractivity contribution is 6.30. The Hall–Kier alpha value is -3.18. The number of anilines is 3. The number of nitrogens with zero attached hydrogens (tertiary/aromatic N) is 2. The Morgan fingerprint density at radius 3 is 2.52 bits per heavy atom. The average molecular weight is 379 g/mol. The summed E-state index contributed by atoms with van der Waals surface area (Å²) < 4.78 is 13.1. The Labute approximate surface area is 161 Å². The van der Waals surface area contributed by atoms with Gasteiger partial charge in [0.2, 0.25) is 5.95 Å². The lowest BCUT2D eigenvalue weighted by Crippen LogP contribution is -2.05. The molecule has 1 heterocycles. The van der Waals surface area contributed by atoms with Gasteiger partial charge in [-0.05, 0) is 48.0 Å². The standard InChI is InChI=1S/C21H16ClFN4/c22-15-4-3-5-17(12-15)25-21-26-19-7-2-1-6-18(19)20(27-21)24-13-14-8-10-16(23)11-9-14/h1-12H,13H2,(H2,24,25,26,27). The monoisotopic (exact) mass is 378 g/mol. The number of aromatic nitrogens is 2. The average Bonchev–Trinajstić information content (AvgIpc) is 2.67. The topological polar surface area (TPSA) is 49.8 Å². The van der Waals surface area contributed by atoms with Crippen molar-refractivity contribution in [3.63, 3.8) is 0 Å². The molecule has 0 radical (unpaired) electrons. The lowest BCUT2D eigenvalue weighted by Gasteiger charge is -2.12. The van der Waals surface area contributed by atoms with Gasteiger partial charge in [0.15, 0.2) is 0 Å². The third-order valence-electron chi connectivity index (χ3n) is 4.06. The van der Waals surface area contributed by atoms with Crippen molar-refractivity contribution in [1.82, 2.24) is 9.97 Å². The van der Waals surface area contributed by atoms with Crippen LogP contribution in [0.3, 0.4) is 0 Å². The number of benzene rings is 3. The smallest absolute Gasteiger partial charge is 0.229 e. The van der Waals surface area contributed by atoms with Crippen molar-refractivity contribution < 1.29 is 4.39 Å². The summed E-state index contributed by atoms with van der Waals surface area (Å²) in [4.78, 5) is 9.18. The molecular formula is C21H16ClFN4. The summed E-state index contributed by atoms with van der Waals surface area (Å²) in [6.45, 7) is 0.526. The van der Waals surface area contributed by atoms with Gasteiger partial charge in [-0.2, -0.15) is 4.98 Å². The Bertz CT molecular complexity index is 1080. The SMILES string of the molecule is Fc1ccc(CNc2nc(Nc3cccc(Cl)c3)nc3ccccc23)cc1. The maximum Gasteiger partial charge on any atom is 0.229 e.